The van der Waals surface area contributed by atoms with Gasteiger partial charge in [0.15, 0.2) is 0 Å². The summed E-state index contributed by atoms with van der Waals surface area (Å²) in [5, 5.41) is 4.31. The zero-order valence-electron chi connectivity index (χ0n) is 9.62. The molecule has 0 amide bonds. The number of nitrogens with one attached hydrogen (secondary N) is 1. The summed E-state index contributed by atoms with van der Waals surface area (Å²) in [4.78, 5) is 0. The molecule has 88 valence electrons. The van der Waals surface area contributed by atoms with Gasteiger partial charge in [-0.3, -0.25) is 0 Å². The predicted octanol–water partition coefficient (Wildman–Crippen LogP) is 2.59. The van der Waals surface area contributed by atoms with Crippen molar-refractivity contribution in [1.82, 2.24) is 5.32 Å². The van der Waals surface area contributed by atoms with E-state index in [1.54, 1.807) is 0 Å². The molecule has 0 saturated heterocycles. The van der Waals surface area contributed by atoms with Crippen LogP contribution in [-0.2, 0) is 0 Å². The van der Waals surface area contributed by atoms with Gasteiger partial charge in [-0.15, -0.1) is 0 Å². The Labute approximate surface area is 102 Å². The Bertz CT molecular complexity index is 354. The first-order chi connectivity index (χ1) is 7.72. The van der Waals surface area contributed by atoms with E-state index < -0.39 is 0 Å². The second-order valence-corrected chi connectivity index (χ2v) is 5.10. The molecule has 0 radical (unpaired) electrons. The monoisotopic (exact) mass is 238 g/mol. The van der Waals surface area contributed by atoms with Crippen molar-refractivity contribution in [1.29, 1.82) is 0 Å². The summed E-state index contributed by atoms with van der Waals surface area (Å²) < 4.78 is 0. The first kappa shape index (κ1) is 11.9. The highest BCUT2D eigenvalue weighted by molar-refractivity contribution is 6.31. The van der Waals surface area contributed by atoms with Crippen molar-refractivity contribution in [2.45, 2.75) is 19.4 Å². The number of benzene rings is 1. The first-order valence-corrected chi connectivity index (χ1v) is 6.28. The van der Waals surface area contributed by atoms with Crippen LogP contribution in [0.2, 0.25) is 5.02 Å². The third kappa shape index (κ3) is 2.76. The number of nitrogens with two attached hydrogens (primary N) is 1. The van der Waals surface area contributed by atoms with Crippen LogP contribution in [0.15, 0.2) is 24.3 Å². The van der Waals surface area contributed by atoms with Gasteiger partial charge in [-0.25, -0.2) is 0 Å². The minimum Gasteiger partial charge on any atom is -0.329 e. The molecule has 1 saturated carbocycles. The molecule has 0 spiro atoms. The van der Waals surface area contributed by atoms with Gasteiger partial charge in [0.1, 0.15) is 0 Å². The Hall–Kier alpha value is -0.570. The van der Waals surface area contributed by atoms with Gasteiger partial charge in [0.25, 0.3) is 0 Å². The van der Waals surface area contributed by atoms with Gasteiger partial charge < -0.3 is 11.1 Å². The molecule has 1 aromatic rings. The fourth-order valence-electron chi connectivity index (χ4n) is 2.06. The molecule has 2 nitrogen and oxygen atoms in total. The number of halogens is 1. The fraction of sp³-hybridized carbons (Fsp3) is 0.538. The Kier molecular flexibility index (Phi) is 3.85. The van der Waals surface area contributed by atoms with Crippen molar-refractivity contribution in [3.63, 3.8) is 0 Å². The fourth-order valence-corrected chi connectivity index (χ4v) is 2.32. The largest absolute Gasteiger partial charge is 0.329 e. The molecule has 0 aromatic heterocycles. The molecule has 1 aromatic carbocycles. The molecule has 3 unspecified atom stereocenters. The van der Waals surface area contributed by atoms with Gasteiger partial charge in [0.2, 0.25) is 0 Å². The summed E-state index contributed by atoms with van der Waals surface area (Å²) in [5.74, 6) is 1.70. The quantitative estimate of drug-likeness (QED) is 0.828. The summed E-state index contributed by atoms with van der Waals surface area (Å²) in [6.07, 6.45) is 1.34. The van der Waals surface area contributed by atoms with Gasteiger partial charge in [0, 0.05) is 17.6 Å². The lowest BCUT2D eigenvalue weighted by atomic mass is 10.1. The number of hydrogen-bond donors (Lipinski definition) is 2. The standard InChI is InChI=1S/C13H19ClN2/c1-9-6-10(9)8-16-13(7-15)11-4-2-3-5-12(11)14/h2-5,9-10,13,16H,6-8,15H2,1H3. The molecule has 16 heavy (non-hydrogen) atoms. The van der Waals surface area contributed by atoms with E-state index in [1.807, 2.05) is 24.3 Å². The molecular formula is C13H19ClN2. The lowest BCUT2D eigenvalue weighted by Crippen LogP contribution is -2.30. The number of hydrogen-bond acceptors (Lipinski definition) is 2. The van der Waals surface area contributed by atoms with Gasteiger partial charge in [0.05, 0.1) is 0 Å². The maximum atomic E-state index is 6.16. The Morgan fingerprint density at radius 1 is 1.50 bits per heavy atom. The van der Waals surface area contributed by atoms with Crippen LogP contribution in [0.25, 0.3) is 0 Å². The second kappa shape index (κ2) is 5.17. The van der Waals surface area contributed by atoms with Gasteiger partial charge in [-0.1, -0.05) is 36.7 Å². The molecular weight excluding hydrogens is 220 g/mol. The zero-order valence-corrected chi connectivity index (χ0v) is 10.4. The Balaban J connectivity index is 1.96. The predicted molar refractivity (Wildman–Crippen MR) is 68.5 cm³/mol. The third-order valence-electron chi connectivity index (χ3n) is 3.42. The molecule has 0 bridgehead atoms. The highest BCUT2D eigenvalue weighted by atomic mass is 35.5. The number of rotatable bonds is 5. The van der Waals surface area contributed by atoms with Crippen LogP contribution in [0.3, 0.4) is 0 Å². The lowest BCUT2D eigenvalue weighted by molar-refractivity contribution is 0.511. The molecule has 3 N–H and O–H groups in total. The van der Waals surface area contributed by atoms with Gasteiger partial charge in [-0.05, 0) is 36.4 Å². The van der Waals surface area contributed by atoms with Crippen molar-refractivity contribution < 1.29 is 0 Å². The summed E-state index contributed by atoms with van der Waals surface area (Å²) in [5.41, 5.74) is 6.90. The smallest absolute Gasteiger partial charge is 0.0459 e. The van der Waals surface area contributed by atoms with E-state index in [-0.39, 0.29) is 6.04 Å². The molecule has 1 fully saturated rings. The van der Waals surface area contributed by atoms with Crippen LogP contribution < -0.4 is 11.1 Å². The van der Waals surface area contributed by atoms with Crippen molar-refractivity contribution >= 4 is 11.6 Å². The van der Waals surface area contributed by atoms with E-state index in [4.69, 9.17) is 17.3 Å². The molecule has 1 aliphatic rings. The Morgan fingerprint density at radius 3 is 2.75 bits per heavy atom. The van der Waals surface area contributed by atoms with E-state index in [0.29, 0.717) is 6.54 Å². The second-order valence-electron chi connectivity index (χ2n) is 4.69. The summed E-state index contributed by atoms with van der Waals surface area (Å²) in [6, 6.07) is 8.10. The molecule has 3 atom stereocenters. The van der Waals surface area contributed by atoms with Crippen molar-refractivity contribution in [2.24, 2.45) is 17.6 Å². The zero-order chi connectivity index (χ0) is 11.5. The normalized spacial score (nSPS) is 25.4. The molecule has 1 aliphatic carbocycles. The van der Waals surface area contributed by atoms with Crippen LogP contribution in [0.5, 0.6) is 0 Å². The summed E-state index contributed by atoms with van der Waals surface area (Å²) in [6.45, 7) is 3.93. The average molecular weight is 239 g/mol. The van der Waals surface area contributed by atoms with Crippen molar-refractivity contribution in [2.75, 3.05) is 13.1 Å². The molecule has 3 heteroatoms. The van der Waals surface area contributed by atoms with Crippen LogP contribution in [0.4, 0.5) is 0 Å². The highest BCUT2D eigenvalue weighted by Crippen LogP contribution is 2.37. The van der Waals surface area contributed by atoms with Crippen LogP contribution in [0.1, 0.15) is 24.9 Å². The maximum Gasteiger partial charge on any atom is 0.0459 e. The molecule has 2 rings (SSSR count). The summed E-state index contributed by atoms with van der Waals surface area (Å²) in [7, 11) is 0. The van der Waals surface area contributed by atoms with Crippen molar-refractivity contribution in [3.8, 4) is 0 Å². The van der Waals surface area contributed by atoms with Crippen LogP contribution in [-0.4, -0.2) is 13.1 Å². The Morgan fingerprint density at radius 2 is 2.19 bits per heavy atom. The van der Waals surface area contributed by atoms with E-state index >= 15 is 0 Å². The molecule has 0 aliphatic heterocycles. The van der Waals surface area contributed by atoms with E-state index in [2.05, 4.69) is 12.2 Å². The highest BCUT2D eigenvalue weighted by Gasteiger charge is 2.32. The van der Waals surface area contributed by atoms with E-state index in [0.717, 1.165) is 29.0 Å². The third-order valence-corrected chi connectivity index (χ3v) is 3.76. The van der Waals surface area contributed by atoms with E-state index in [1.165, 1.54) is 6.42 Å². The minimum absolute atomic E-state index is 0.182. The van der Waals surface area contributed by atoms with E-state index in [9.17, 15) is 0 Å². The SMILES string of the molecule is CC1CC1CNC(CN)c1ccccc1Cl. The topological polar surface area (TPSA) is 38.0 Å². The first-order valence-electron chi connectivity index (χ1n) is 5.90. The lowest BCUT2D eigenvalue weighted by Gasteiger charge is -2.18. The van der Waals surface area contributed by atoms with Gasteiger partial charge >= 0.3 is 0 Å². The van der Waals surface area contributed by atoms with Crippen LogP contribution in [0, 0.1) is 11.8 Å². The van der Waals surface area contributed by atoms with Crippen molar-refractivity contribution in [3.05, 3.63) is 34.9 Å². The maximum absolute atomic E-state index is 6.16. The minimum atomic E-state index is 0.182. The van der Waals surface area contributed by atoms with Gasteiger partial charge in [-0.2, -0.15) is 0 Å². The molecule has 0 heterocycles. The summed E-state index contributed by atoms with van der Waals surface area (Å²) >= 11 is 6.16. The van der Waals surface area contributed by atoms with Crippen LogP contribution >= 0.6 is 11.6 Å². The average Bonchev–Trinajstić information content (AvgIpc) is 2.98.